The lowest BCUT2D eigenvalue weighted by Crippen LogP contribution is -1.88. The first-order valence-electron chi connectivity index (χ1n) is 5.61. The van der Waals surface area contributed by atoms with E-state index in [4.69, 9.17) is 4.42 Å². The number of hydrogen-bond acceptors (Lipinski definition) is 1. The van der Waals surface area contributed by atoms with Crippen molar-refractivity contribution < 1.29 is 4.42 Å². The van der Waals surface area contributed by atoms with Gasteiger partial charge in [0.2, 0.25) is 0 Å². The van der Waals surface area contributed by atoms with E-state index in [-0.39, 0.29) is 0 Å². The van der Waals surface area contributed by atoms with Gasteiger partial charge in [0, 0.05) is 16.7 Å². The van der Waals surface area contributed by atoms with Gasteiger partial charge in [0.1, 0.15) is 5.76 Å². The Hall–Kier alpha value is -1.24. The van der Waals surface area contributed by atoms with Gasteiger partial charge in [-0.3, -0.25) is 0 Å². The number of hydrogen-bond donors (Lipinski definition) is 0. The molecule has 1 aromatic heterocycles. The molecule has 1 heteroatoms. The molecule has 0 bridgehead atoms. The van der Waals surface area contributed by atoms with Crippen molar-refractivity contribution in [2.24, 2.45) is 0 Å². The highest BCUT2D eigenvalue weighted by atomic mass is 16.3. The highest BCUT2D eigenvalue weighted by Gasteiger charge is 2.13. The van der Waals surface area contributed by atoms with Gasteiger partial charge in [-0.15, -0.1) is 0 Å². The summed E-state index contributed by atoms with van der Waals surface area (Å²) in [5.41, 5.74) is 1.38. The Kier molecular flexibility index (Phi) is 2.56. The molecule has 80 valence electrons. The molecule has 0 saturated heterocycles. The van der Waals surface area contributed by atoms with Crippen LogP contribution in [0.1, 0.15) is 50.9 Å². The lowest BCUT2D eigenvalue weighted by Gasteiger charge is -2.06. The van der Waals surface area contributed by atoms with Crippen LogP contribution in [0, 0.1) is 0 Å². The van der Waals surface area contributed by atoms with E-state index in [1.807, 2.05) is 6.26 Å². The van der Waals surface area contributed by atoms with E-state index in [0.717, 1.165) is 5.76 Å². The highest BCUT2D eigenvalue weighted by molar-refractivity contribution is 5.87. The van der Waals surface area contributed by atoms with E-state index in [9.17, 15) is 0 Å². The van der Waals surface area contributed by atoms with E-state index >= 15 is 0 Å². The molecular formula is C14H18O. The zero-order valence-corrected chi connectivity index (χ0v) is 9.87. The normalized spacial score (nSPS) is 11.9. The van der Waals surface area contributed by atoms with Gasteiger partial charge in [-0.25, -0.2) is 0 Å². The number of benzene rings is 1. The second-order valence-corrected chi connectivity index (χ2v) is 4.72. The first kappa shape index (κ1) is 10.3. The van der Waals surface area contributed by atoms with Gasteiger partial charge in [-0.2, -0.15) is 0 Å². The molecule has 0 spiro atoms. The van der Waals surface area contributed by atoms with Crippen molar-refractivity contribution in [1.29, 1.82) is 0 Å². The molecule has 2 aromatic rings. The van der Waals surface area contributed by atoms with Gasteiger partial charge >= 0.3 is 0 Å². The van der Waals surface area contributed by atoms with Gasteiger partial charge in [0.15, 0.2) is 0 Å². The molecule has 0 amide bonds. The average molecular weight is 202 g/mol. The second kappa shape index (κ2) is 3.73. The fraction of sp³-hybridized carbons (Fsp3) is 0.429. The highest BCUT2D eigenvalue weighted by Crippen LogP contribution is 2.32. The quantitative estimate of drug-likeness (QED) is 0.689. The minimum absolute atomic E-state index is 0.449. The molecule has 15 heavy (non-hydrogen) atoms. The standard InChI is InChI=1S/C14H18O/c1-9(2)11-6-5-7-12-13(11)8-15-14(12)10(3)4/h5-10H,1-4H3. The van der Waals surface area contributed by atoms with Crippen LogP contribution in [-0.2, 0) is 0 Å². The summed E-state index contributed by atoms with van der Waals surface area (Å²) in [5.74, 6) is 2.10. The van der Waals surface area contributed by atoms with Gasteiger partial charge in [-0.05, 0) is 11.5 Å². The topological polar surface area (TPSA) is 13.1 Å². The summed E-state index contributed by atoms with van der Waals surface area (Å²) in [5, 5.41) is 2.55. The summed E-state index contributed by atoms with van der Waals surface area (Å²) >= 11 is 0. The van der Waals surface area contributed by atoms with Crippen LogP contribution in [0.4, 0.5) is 0 Å². The molecule has 0 aliphatic rings. The monoisotopic (exact) mass is 202 g/mol. The Bertz CT molecular complexity index is 463. The van der Waals surface area contributed by atoms with E-state index < -0.39 is 0 Å². The maximum Gasteiger partial charge on any atom is 0.114 e. The fourth-order valence-corrected chi connectivity index (χ4v) is 2.07. The minimum atomic E-state index is 0.449. The molecule has 0 aliphatic heterocycles. The fourth-order valence-electron chi connectivity index (χ4n) is 2.07. The summed E-state index contributed by atoms with van der Waals surface area (Å²) in [4.78, 5) is 0. The number of furan rings is 1. The molecule has 1 heterocycles. The maximum absolute atomic E-state index is 5.67. The maximum atomic E-state index is 5.67. The molecule has 0 fully saturated rings. The molecule has 0 radical (unpaired) electrons. The Labute approximate surface area is 91.1 Å². The molecule has 1 nitrogen and oxygen atoms in total. The molecule has 0 aliphatic carbocycles. The Morgan fingerprint density at radius 2 is 1.67 bits per heavy atom. The van der Waals surface area contributed by atoms with Crippen molar-refractivity contribution in [3.05, 3.63) is 35.8 Å². The predicted molar refractivity (Wildman–Crippen MR) is 64.4 cm³/mol. The number of fused-ring (bicyclic) bond motifs is 1. The Balaban J connectivity index is 2.69. The summed E-state index contributed by atoms with van der Waals surface area (Å²) in [7, 11) is 0. The predicted octanol–water partition coefficient (Wildman–Crippen LogP) is 4.68. The van der Waals surface area contributed by atoms with Crippen LogP contribution >= 0.6 is 0 Å². The smallest absolute Gasteiger partial charge is 0.114 e. The molecule has 0 N–H and O–H groups in total. The third kappa shape index (κ3) is 1.67. The van der Waals surface area contributed by atoms with Gasteiger partial charge < -0.3 is 4.42 Å². The first-order chi connectivity index (χ1) is 7.11. The lowest BCUT2D eigenvalue weighted by molar-refractivity contribution is 0.492. The van der Waals surface area contributed by atoms with Crippen LogP contribution in [-0.4, -0.2) is 0 Å². The molecule has 0 atom stereocenters. The van der Waals surface area contributed by atoms with Crippen LogP contribution in [0.2, 0.25) is 0 Å². The average Bonchev–Trinajstić information content (AvgIpc) is 2.59. The van der Waals surface area contributed by atoms with Gasteiger partial charge in [-0.1, -0.05) is 45.9 Å². The van der Waals surface area contributed by atoms with Crippen LogP contribution in [0.15, 0.2) is 28.9 Å². The summed E-state index contributed by atoms with van der Waals surface area (Å²) in [6, 6.07) is 6.46. The largest absolute Gasteiger partial charge is 0.468 e. The molecule has 0 unspecified atom stereocenters. The van der Waals surface area contributed by atoms with Crippen molar-refractivity contribution in [2.45, 2.75) is 39.5 Å². The van der Waals surface area contributed by atoms with Crippen LogP contribution < -0.4 is 0 Å². The van der Waals surface area contributed by atoms with Crippen molar-refractivity contribution in [1.82, 2.24) is 0 Å². The second-order valence-electron chi connectivity index (χ2n) is 4.72. The van der Waals surface area contributed by atoms with Crippen molar-refractivity contribution >= 4 is 10.8 Å². The summed E-state index contributed by atoms with van der Waals surface area (Å²) in [6.07, 6.45) is 1.90. The van der Waals surface area contributed by atoms with Gasteiger partial charge in [0.25, 0.3) is 0 Å². The Morgan fingerprint density at radius 1 is 0.933 bits per heavy atom. The van der Waals surface area contributed by atoms with E-state index in [2.05, 4.69) is 45.9 Å². The van der Waals surface area contributed by atoms with Crippen molar-refractivity contribution in [3.8, 4) is 0 Å². The van der Waals surface area contributed by atoms with Crippen LogP contribution in [0.25, 0.3) is 10.8 Å². The Morgan fingerprint density at radius 3 is 2.27 bits per heavy atom. The zero-order valence-electron chi connectivity index (χ0n) is 9.87. The molecule has 2 rings (SSSR count). The third-order valence-corrected chi connectivity index (χ3v) is 2.86. The first-order valence-corrected chi connectivity index (χ1v) is 5.61. The minimum Gasteiger partial charge on any atom is -0.468 e. The molecular weight excluding hydrogens is 184 g/mol. The number of rotatable bonds is 2. The third-order valence-electron chi connectivity index (χ3n) is 2.86. The summed E-state index contributed by atoms with van der Waals surface area (Å²) < 4.78 is 5.67. The van der Waals surface area contributed by atoms with Crippen LogP contribution in [0.5, 0.6) is 0 Å². The zero-order chi connectivity index (χ0) is 11.0. The SMILES string of the molecule is CC(C)c1cccc2c(C(C)C)occ12. The summed E-state index contributed by atoms with van der Waals surface area (Å²) in [6.45, 7) is 8.77. The molecule has 1 aromatic carbocycles. The van der Waals surface area contributed by atoms with Crippen molar-refractivity contribution in [3.63, 3.8) is 0 Å². The van der Waals surface area contributed by atoms with Crippen LogP contribution in [0.3, 0.4) is 0 Å². The molecule has 0 saturated carbocycles. The van der Waals surface area contributed by atoms with E-state index in [1.54, 1.807) is 0 Å². The van der Waals surface area contributed by atoms with Gasteiger partial charge in [0.05, 0.1) is 6.26 Å². The van der Waals surface area contributed by atoms with E-state index in [1.165, 1.54) is 16.3 Å². The lowest BCUT2D eigenvalue weighted by atomic mass is 9.96. The van der Waals surface area contributed by atoms with E-state index in [0.29, 0.717) is 11.8 Å². The van der Waals surface area contributed by atoms with Crippen molar-refractivity contribution in [2.75, 3.05) is 0 Å².